The van der Waals surface area contributed by atoms with E-state index in [1.54, 1.807) is 0 Å². The van der Waals surface area contributed by atoms with Crippen molar-refractivity contribution in [1.29, 1.82) is 0 Å². The van der Waals surface area contributed by atoms with Crippen molar-refractivity contribution in [2.24, 2.45) is 0 Å². The number of aromatic nitrogens is 1. The monoisotopic (exact) mass is 131 g/mol. The third-order valence-corrected chi connectivity index (χ3v) is 1.18. The largest absolute Gasteiger partial charge is 0.345 e. The molecule has 0 atom stereocenters. The van der Waals surface area contributed by atoms with E-state index in [4.69, 9.17) is 0 Å². The molecule has 0 saturated carbocycles. The van der Waals surface area contributed by atoms with Crippen molar-refractivity contribution < 1.29 is 0 Å². The Morgan fingerprint density at radius 1 is 1.14 bits per heavy atom. The summed E-state index contributed by atoms with van der Waals surface area (Å²) in [6.07, 6.45) is 0. The third-order valence-electron chi connectivity index (χ3n) is 0.655. The maximum atomic E-state index is 4.00. The van der Waals surface area contributed by atoms with Crippen molar-refractivity contribution >= 4 is 25.3 Å². The molecule has 1 N–H and O–H groups in total. The quantitative estimate of drug-likeness (QED) is 0.443. The van der Waals surface area contributed by atoms with Gasteiger partial charge in [-0.1, -0.05) is 0 Å². The van der Waals surface area contributed by atoms with Gasteiger partial charge in [0.15, 0.2) is 0 Å². The summed E-state index contributed by atoms with van der Waals surface area (Å²) in [6, 6.07) is 3.71. The number of aromatic amines is 1. The molecule has 0 saturated heterocycles. The lowest BCUT2D eigenvalue weighted by atomic mass is 10.7. The van der Waals surface area contributed by atoms with E-state index < -0.39 is 0 Å². The molecule has 0 bridgehead atoms. The summed E-state index contributed by atoms with van der Waals surface area (Å²) >= 11 is 8.00. The van der Waals surface area contributed by atoms with Gasteiger partial charge in [0, 0.05) is 0 Å². The predicted octanol–water partition coefficient (Wildman–Crippen LogP) is 1.59. The number of thiol groups is 2. The molecule has 0 amide bonds. The van der Waals surface area contributed by atoms with Crippen LogP contribution in [0.3, 0.4) is 0 Å². The van der Waals surface area contributed by atoms with Gasteiger partial charge in [-0.05, 0) is 12.1 Å². The predicted molar refractivity (Wildman–Crippen MR) is 35.3 cm³/mol. The first kappa shape index (κ1) is 5.12. The second-order valence-electron chi connectivity index (χ2n) is 1.23. The Bertz CT molecular complexity index is 142. The summed E-state index contributed by atoms with van der Waals surface area (Å²) in [5, 5.41) is 1.70. The molecule has 0 aliphatic rings. The highest BCUT2D eigenvalue weighted by Gasteiger charge is 1.83. The highest BCUT2D eigenvalue weighted by Crippen LogP contribution is 2.07. The van der Waals surface area contributed by atoms with Crippen molar-refractivity contribution in [2.45, 2.75) is 10.1 Å². The Kier molecular flexibility index (Phi) is 1.35. The SMILES string of the molecule is Sc1ccc(S)[nH]1. The lowest BCUT2D eigenvalue weighted by molar-refractivity contribution is 1.10. The van der Waals surface area contributed by atoms with Crippen molar-refractivity contribution in [1.82, 2.24) is 4.98 Å². The van der Waals surface area contributed by atoms with E-state index >= 15 is 0 Å². The zero-order valence-corrected chi connectivity index (χ0v) is 5.34. The standard InChI is InChI=1S/C4H5NS2/c6-3-1-2-4(7)5-3/h1-2,5-7H. The Hall–Kier alpha value is -0.0200. The van der Waals surface area contributed by atoms with E-state index in [1.807, 2.05) is 12.1 Å². The highest BCUT2D eigenvalue weighted by atomic mass is 32.1. The Morgan fingerprint density at radius 3 is 1.71 bits per heavy atom. The van der Waals surface area contributed by atoms with Gasteiger partial charge in [0.2, 0.25) is 0 Å². The first-order valence-electron chi connectivity index (χ1n) is 1.86. The van der Waals surface area contributed by atoms with Gasteiger partial charge in [-0.25, -0.2) is 0 Å². The van der Waals surface area contributed by atoms with E-state index in [1.165, 1.54) is 0 Å². The van der Waals surface area contributed by atoms with Crippen molar-refractivity contribution in [3.63, 3.8) is 0 Å². The van der Waals surface area contributed by atoms with Crippen LogP contribution in [0.4, 0.5) is 0 Å². The molecule has 0 radical (unpaired) electrons. The van der Waals surface area contributed by atoms with E-state index in [9.17, 15) is 0 Å². The number of H-pyrrole nitrogens is 1. The fourth-order valence-electron chi connectivity index (χ4n) is 0.372. The summed E-state index contributed by atoms with van der Waals surface area (Å²) in [4.78, 5) is 2.87. The molecular formula is C4H5NS2. The second kappa shape index (κ2) is 1.84. The Morgan fingerprint density at radius 2 is 1.57 bits per heavy atom. The third kappa shape index (κ3) is 1.17. The number of nitrogens with one attached hydrogen (secondary N) is 1. The molecular weight excluding hydrogens is 126 g/mol. The van der Waals surface area contributed by atoms with Crippen molar-refractivity contribution in [3.8, 4) is 0 Å². The topological polar surface area (TPSA) is 15.8 Å². The first-order valence-corrected chi connectivity index (χ1v) is 2.75. The van der Waals surface area contributed by atoms with Gasteiger partial charge in [0.1, 0.15) is 0 Å². The van der Waals surface area contributed by atoms with Crippen LogP contribution in [0.5, 0.6) is 0 Å². The lowest BCUT2D eigenvalue weighted by Crippen LogP contribution is -1.58. The van der Waals surface area contributed by atoms with E-state index in [2.05, 4.69) is 30.2 Å². The Balaban J connectivity index is 3.04. The maximum absolute atomic E-state index is 4.00. The van der Waals surface area contributed by atoms with Crippen LogP contribution >= 0.6 is 25.3 Å². The zero-order valence-electron chi connectivity index (χ0n) is 3.55. The van der Waals surface area contributed by atoms with Gasteiger partial charge in [0.05, 0.1) is 10.1 Å². The van der Waals surface area contributed by atoms with Crippen LogP contribution in [0.25, 0.3) is 0 Å². The summed E-state index contributed by atoms with van der Waals surface area (Å²) in [6.45, 7) is 0. The molecule has 0 unspecified atom stereocenters. The van der Waals surface area contributed by atoms with Gasteiger partial charge < -0.3 is 4.98 Å². The molecule has 1 nitrogen and oxygen atoms in total. The van der Waals surface area contributed by atoms with Crippen molar-refractivity contribution in [3.05, 3.63) is 12.1 Å². The normalized spacial score (nSPS) is 9.43. The van der Waals surface area contributed by atoms with Gasteiger partial charge in [0.25, 0.3) is 0 Å². The van der Waals surface area contributed by atoms with Crippen LogP contribution in [-0.2, 0) is 0 Å². The van der Waals surface area contributed by atoms with E-state index in [0.29, 0.717) is 0 Å². The Labute approximate surface area is 53.0 Å². The fourth-order valence-corrected chi connectivity index (χ4v) is 0.851. The minimum Gasteiger partial charge on any atom is -0.345 e. The van der Waals surface area contributed by atoms with Crippen LogP contribution in [0.1, 0.15) is 0 Å². The molecule has 0 aliphatic heterocycles. The molecule has 38 valence electrons. The lowest BCUT2D eigenvalue weighted by Gasteiger charge is -1.75. The molecule has 0 aromatic carbocycles. The molecule has 7 heavy (non-hydrogen) atoms. The molecule has 0 fully saturated rings. The van der Waals surface area contributed by atoms with Crippen LogP contribution < -0.4 is 0 Å². The number of hydrogen-bond acceptors (Lipinski definition) is 2. The van der Waals surface area contributed by atoms with Gasteiger partial charge in [-0.2, -0.15) is 0 Å². The summed E-state index contributed by atoms with van der Waals surface area (Å²) in [5.74, 6) is 0. The molecule has 0 aliphatic carbocycles. The zero-order chi connectivity index (χ0) is 5.28. The van der Waals surface area contributed by atoms with Crippen LogP contribution in [0.2, 0.25) is 0 Å². The summed E-state index contributed by atoms with van der Waals surface area (Å²) in [5.41, 5.74) is 0. The minimum atomic E-state index is 0.852. The molecule has 3 heteroatoms. The smallest absolute Gasteiger partial charge is 0.0699 e. The molecule has 1 rings (SSSR count). The van der Waals surface area contributed by atoms with Gasteiger partial charge in [-0.15, -0.1) is 25.3 Å². The highest BCUT2D eigenvalue weighted by molar-refractivity contribution is 7.81. The average molecular weight is 131 g/mol. The van der Waals surface area contributed by atoms with E-state index in [-0.39, 0.29) is 0 Å². The molecule has 1 heterocycles. The minimum absolute atomic E-state index is 0.852. The maximum Gasteiger partial charge on any atom is 0.0699 e. The molecule has 1 aromatic rings. The van der Waals surface area contributed by atoms with Gasteiger partial charge in [-0.3, -0.25) is 0 Å². The summed E-state index contributed by atoms with van der Waals surface area (Å²) in [7, 11) is 0. The molecule has 1 aromatic heterocycles. The second-order valence-corrected chi connectivity index (χ2v) is 2.19. The van der Waals surface area contributed by atoms with Crippen LogP contribution in [-0.4, -0.2) is 4.98 Å². The summed E-state index contributed by atoms with van der Waals surface area (Å²) < 4.78 is 0. The fraction of sp³-hybridized carbons (Fsp3) is 0. The first-order chi connectivity index (χ1) is 3.29. The van der Waals surface area contributed by atoms with Crippen molar-refractivity contribution in [2.75, 3.05) is 0 Å². The van der Waals surface area contributed by atoms with Crippen LogP contribution in [0.15, 0.2) is 22.2 Å². The molecule has 0 spiro atoms. The number of hydrogen-bond donors (Lipinski definition) is 3. The van der Waals surface area contributed by atoms with E-state index in [0.717, 1.165) is 10.1 Å². The number of rotatable bonds is 0. The van der Waals surface area contributed by atoms with Gasteiger partial charge >= 0.3 is 0 Å². The average Bonchev–Trinajstić information content (AvgIpc) is 1.87. The van der Waals surface area contributed by atoms with Crippen LogP contribution in [0, 0.1) is 0 Å².